The largest absolute Gasteiger partial charge is 0.478 e. The molecule has 0 amide bonds. The Morgan fingerprint density at radius 1 is 1.62 bits per heavy atom. The number of carboxylic acids is 1. The molecule has 2 unspecified atom stereocenters. The van der Waals surface area contributed by atoms with Gasteiger partial charge in [-0.2, -0.15) is 0 Å². The molecular formula is C11H16O2. The Bertz CT molecular complexity index is 274. The second-order valence-corrected chi connectivity index (χ2v) is 3.69. The summed E-state index contributed by atoms with van der Waals surface area (Å²) >= 11 is 0. The van der Waals surface area contributed by atoms with Gasteiger partial charge in [0.25, 0.3) is 0 Å². The van der Waals surface area contributed by atoms with E-state index in [0.717, 1.165) is 6.42 Å². The first-order valence-electron chi connectivity index (χ1n) is 4.69. The number of hydrogen-bond acceptors (Lipinski definition) is 1. The molecule has 0 radical (unpaired) electrons. The highest BCUT2D eigenvalue weighted by Gasteiger charge is 2.22. The summed E-state index contributed by atoms with van der Waals surface area (Å²) in [4.78, 5) is 10.7. The Morgan fingerprint density at radius 3 is 2.62 bits per heavy atom. The summed E-state index contributed by atoms with van der Waals surface area (Å²) in [6, 6.07) is 0. The lowest BCUT2D eigenvalue weighted by molar-refractivity contribution is -0.132. The van der Waals surface area contributed by atoms with Crippen molar-refractivity contribution in [3.63, 3.8) is 0 Å². The molecule has 2 atom stereocenters. The first-order chi connectivity index (χ1) is 6.06. The van der Waals surface area contributed by atoms with Gasteiger partial charge in [0, 0.05) is 0 Å². The predicted octanol–water partition coefficient (Wildman–Crippen LogP) is 2.62. The molecule has 2 heteroatoms. The van der Waals surface area contributed by atoms with Crippen molar-refractivity contribution in [1.82, 2.24) is 0 Å². The van der Waals surface area contributed by atoms with Gasteiger partial charge in [0.05, 0.1) is 5.57 Å². The van der Waals surface area contributed by atoms with Crippen LogP contribution in [0.25, 0.3) is 0 Å². The minimum atomic E-state index is -0.819. The van der Waals surface area contributed by atoms with E-state index in [0.29, 0.717) is 17.4 Å². The zero-order valence-corrected chi connectivity index (χ0v) is 8.37. The van der Waals surface area contributed by atoms with Gasteiger partial charge in [-0.3, -0.25) is 0 Å². The highest BCUT2D eigenvalue weighted by molar-refractivity contribution is 5.90. The van der Waals surface area contributed by atoms with Gasteiger partial charge in [0.1, 0.15) is 0 Å². The average molecular weight is 180 g/mol. The highest BCUT2D eigenvalue weighted by Crippen LogP contribution is 2.30. The van der Waals surface area contributed by atoms with E-state index in [9.17, 15) is 4.79 Å². The molecule has 0 aromatic rings. The molecule has 0 aromatic heterocycles. The fourth-order valence-electron chi connectivity index (χ4n) is 2.04. The van der Waals surface area contributed by atoms with Crippen LogP contribution in [0.15, 0.2) is 23.3 Å². The number of aliphatic carboxylic acids is 1. The van der Waals surface area contributed by atoms with Crippen molar-refractivity contribution in [2.24, 2.45) is 11.8 Å². The van der Waals surface area contributed by atoms with Crippen molar-refractivity contribution in [2.45, 2.75) is 27.2 Å². The normalized spacial score (nSPS) is 27.9. The first-order valence-corrected chi connectivity index (χ1v) is 4.69. The van der Waals surface area contributed by atoms with Gasteiger partial charge in [0.2, 0.25) is 0 Å². The van der Waals surface area contributed by atoms with Crippen molar-refractivity contribution in [2.75, 3.05) is 0 Å². The molecule has 1 N–H and O–H groups in total. The van der Waals surface area contributed by atoms with Crippen LogP contribution in [-0.2, 0) is 4.79 Å². The summed E-state index contributed by atoms with van der Waals surface area (Å²) in [7, 11) is 0. The summed E-state index contributed by atoms with van der Waals surface area (Å²) in [5.74, 6) is 0.0463. The van der Waals surface area contributed by atoms with Crippen LogP contribution in [0.2, 0.25) is 0 Å². The van der Waals surface area contributed by atoms with Gasteiger partial charge in [0.15, 0.2) is 0 Å². The Morgan fingerprint density at radius 2 is 2.23 bits per heavy atom. The van der Waals surface area contributed by atoms with E-state index in [2.05, 4.69) is 13.8 Å². The Kier molecular flexibility index (Phi) is 2.91. The molecule has 0 spiro atoms. The summed E-state index contributed by atoms with van der Waals surface area (Å²) in [5.41, 5.74) is 1.63. The maximum atomic E-state index is 10.7. The molecule has 1 aliphatic rings. The molecule has 0 heterocycles. The Labute approximate surface area is 79.0 Å². The van der Waals surface area contributed by atoms with E-state index in [-0.39, 0.29) is 0 Å². The van der Waals surface area contributed by atoms with E-state index in [4.69, 9.17) is 5.11 Å². The fraction of sp³-hybridized carbons (Fsp3) is 0.545. The van der Waals surface area contributed by atoms with Crippen molar-refractivity contribution in [1.29, 1.82) is 0 Å². The standard InChI is InChI=1S/C11H16O2/c1-4-10-7(2)5-9(11(12)13)6-8(10)3/h5-7,10H,4H2,1-3H3,(H,12,13). The number of carbonyl (C=O) groups is 1. The minimum Gasteiger partial charge on any atom is -0.478 e. The Hall–Kier alpha value is -1.05. The fourth-order valence-corrected chi connectivity index (χ4v) is 2.04. The summed E-state index contributed by atoms with van der Waals surface area (Å²) in [5, 5.41) is 8.82. The van der Waals surface area contributed by atoms with Crippen LogP contribution in [0.4, 0.5) is 0 Å². The van der Waals surface area contributed by atoms with Crippen LogP contribution in [0.1, 0.15) is 27.2 Å². The third-order valence-electron chi connectivity index (χ3n) is 2.73. The lowest BCUT2D eigenvalue weighted by Crippen LogP contribution is -2.16. The lowest BCUT2D eigenvalue weighted by Gasteiger charge is -2.25. The summed E-state index contributed by atoms with van der Waals surface area (Å²) < 4.78 is 0. The third kappa shape index (κ3) is 2.00. The van der Waals surface area contributed by atoms with Gasteiger partial charge in [-0.1, -0.05) is 25.5 Å². The van der Waals surface area contributed by atoms with Crippen LogP contribution in [0.5, 0.6) is 0 Å². The molecule has 1 rings (SSSR count). The SMILES string of the molecule is CCC1C(C)=CC(C(=O)O)=CC1C. The van der Waals surface area contributed by atoms with Gasteiger partial charge >= 0.3 is 5.97 Å². The molecule has 0 saturated heterocycles. The molecule has 2 nitrogen and oxygen atoms in total. The number of carboxylic acid groups (broad SMARTS) is 1. The zero-order valence-electron chi connectivity index (χ0n) is 8.37. The molecule has 13 heavy (non-hydrogen) atoms. The van der Waals surface area contributed by atoms with Gasteiger partial charge < -0.3 is 5.11 Å². The number of allylic oxidation sites excluding steroid dienone is 2. The Balaban J connectivity index is 2.93. The molecule has 72 valence electrons. The molecule has 0 aliphatic heterocycles. The van der Waals surface area contributed by atoms with Crippen molar-refractivity contribution < 1.29 is 9.90 Å². The molecule has 1 aliphatic carbocycles. The second-order valence-electron chi connectivity index (χ2n) is 3.69. The molecule has 0 bridgehead atoms. The maximum absolute atomic E-state index is 10.7. The van der Waals surface area contributed by atoms with E-state index in [1.54, 1.807) is 6.08 Å². The molecule has 0 aromatic carbocycles. The van der Waals surface area contributed by atoms with Crippen LogP contribution in [0, 0.1) is 11.8 Å². The van der Waals surface area contributed by atoms with Crippen LogP contribution >= 0.6 is 0 Å². The highest BCUT2D eigenvalue weighted by atomic mass is 16.4. The topological polar surface area (TPSA) is 37.3 Å². The number of hydrogen-bond donors (Lipinski definition) is 1. The third-order valence-corrected chi connectivity index (χ3v) is 2.73. The van der Waals surface area contributed by atoms with E-state index < -0.39 is 5.97 Å². The predicted molar refractivity (Wildman–Crippen MR) is 52.4 cm³/mol. The van der Waals surface area contributed by atoms with E-state index >= 15 is 0 Å². The van der Waals surface area contributed by atoms with Gasteiger partial charge in [-0.15, -0.1) is 0 Å². The summed E-state index contributed by atoms with van der Waals surface area (Å²) in [6.07, 6.45) is 4.72. The maximum Gasteiger partial charge on any atom is 0.335 e. The number of rotatable bonds is 2. The van der Waals surface area contributed by atoms with Crippen molar-refractivity contribution in [3.8, 4) is 0 Å². The molecular weight excluding hydrogens is 164 g/mol. The molecule has 0 fully saturated rings. The van der Waals surface area contributed by atoms with Crippen LogP contribution < -0.4 is 0 Å². The van der Waals surface area contributed by atoms with Crippen molar-refractivity contribution >= 4 is 5.97 Å². The van der Waals surface area contributed by atoms with Crippen LogP contribution in [0.3, 0.4) is 0 Å². The average Bonchev–Trinajstić information content (AvgIpc) is 2.03. The van der Waals surface area contributed by atoms with Crippen molar-refractivity contribution in [3.05, 3.63) is 23.3 Å². The second kappa shape index (κ2) is 3.77. The first kappa shape index (κ1) is 10.0. The zero-order chi connectivity index (χ0) is 10.0. The monoisotopic (exact) mass is 180 g/mol. The van der Waals surface area contributed by atoms with Crippen LogP contribution in [-0.4, -0.2) is 11.1 Å². The quantitative estimate of drug-likeness (QED) is 0.709. The van der Waals surface area contributed by atoms with Gasteiger partial charge in [-0.25, -0.2) is 4.79 Å². The molecule has 0 saturated carbocycles. The van der Waals surface area contributed by atoms with E-state index in [1.807, 2.05) is 13.0 Å². The van der Waals surface area contributed by atoms with Gasteiger partial charge in [-0.05, 0) is 31.3 Å². The smallest absolute Gasteiger partial charge is 0.335 e. The van der Waals surface area contributed by atoms with E-state index in [1.165, 1.54) is 5.57 Å². The summed E-state index contributed by atoms with van der Waals surface area (Å²) in [6.45, 7) is 6.23. The minimum absolute atomic E-state index is 0.348. The lowest BCUT2D eigenvalue weighted by atomic mass is 9.80.